The van der Waals surface area contributed by atoms with Crippen molar-refractivity contribution in [3.63, 3.8) is 0 Å². The van der Waals surface area contributed by atoms with Crippen molar-refractivity contribution < 1.29 is 13.9 Å². The number of pyridine rings is 1. The topological polar surface area (TPSA) is 69.4 Å². The molecule has 0 saturated heterocycles. The standard InChI is InChI=1S/C16H11NO4/c1-10-8-15(18)21-14-3-2-12(9-13(10)14)20-16(19)11-4-6-17-7-5-11/h2-9H,1H3. The molecule has 0 bridgehead atoms. The van der Waals surface area contributed by atoms with Crippen molar-refractivity contribution in [3.05, 3.63) is 70.3 Å². The normalized spacial score (nSPS) is 10.5. The maximum absolute atomic E-state index is 12.0. The summed E-state index contributed by atoms with van der Waals surface area (Å²) in [5.74, 6) is -0.0759. The molecule has 0 unspecified atom stereocenters. The number of hydrogen-bond donors (Lipinski definition) is 0. The minimum Gasteiger partial charge on any atom is -0.423 e. The van der Waals surface area contributed by atoms with Gasteiger partial charge in [-0.25, -0.2) is 9.59 Å². The molecular formula is C16H11NO4. The molecule has 0 radical (unpaired) electrons. The number of benzene rings is 1. The van der Waals surface area contributed by atoms with E-state index < -0.39 is 11.6 Å². The van der Waals surface area contributed by atoms with Gasteiger partial charge in [0, 0.05) is 23.8 Å². The molecule has 0 aliphatic rings. The van der Waals surface area contributed by atoms with E-state index in [0.29, 0.717) is 16.9 Å². The number of carbonyl (C=O) groups excluding carboxylic acids is 1. The Morgan fingerprint density at radius 3 is 2.67 bits per heavy atom. The van der Waals surface area contributed by atoms with Crippen molar-refractivity contribution in [3.8, 4) is 5.75 Å². The van der Waals surface area contributed by atoms with Crippen LogP contribution in [0.25, 0.3) is 11.0 Å². The fraction of sp³-hybridized carbons (Fsp3) is 0.0625. The molecule has 2 heterocycles. The predicted octanol–water partition coefficient (Wildman–Crippen LogP) is 2.72. The Balaban J connectivity index is 1.95. The second-order valence-corrected chi connectivity index (χ2v) is 4.53. The Morgan fingerprint density at radius 1 is 1.14 bits per heavy atom. The van der Waals surface area contributed by atoms with Gasteiger partial charge in [0.2, 0.25) is 0 Å². The highest BCUT2D eigenvalue weighted by Crippen LogP contribution is 2.23. The molecule has 3 rings (SSSR count). The first-order chi connectivity index (χ1) is 10.1. The largest absolute Gasteiger partial charge is 0.423 e. The first-order valence-electron chi connectivity index (χ1n) is 6.30. The number of esters is 1. The zero-order valence-corrected chi connectivity index (χ0v) is 11.2. The van der Waals surface area contributed by atoms with E-state index >= 15 is 0 Å². The average Bonchev–Trinajstić information content (AvgIpc) is 2.48. The molecule has 0 atom stereocenters. The summed E-state index contributed by atoms with van der Waals surface area (Å²) in [7, 11) is 0. The molecule has 0 saturated carbocycles. The summed E-state index contributed by atoms with van der Waals surface area (Å²) < 4.78 is 10.4. The van der Waals surface area contributed by atoms with Gasteiger partial charge in [-0.1, -0.05) is 0 Å². The lowest BCUT2D eigenvalue weighted by Gasteiger charge is -2.06. The van der Waals surface area contributed by atoms with Gasteiger partial charge in [-0.05, 0) is 42.8 Å². The molecule has 104 valence electrons. The summed E-state index contributed by atoms with van der Waals surface area (Å²) in [4.78, 5) is 27.1. The van der Waals surface area contributed by atoms with Crippen molar-refractivity contribution in [1.82, 2.24) is 4.98 Å². The Morgan fingerprint density at radius 2 is 1.90 bits per heavy atom. The lowest BCUT2D eigenvalue weighted by molar-refractivity contribution is 0.0735. The van der Waals surface area contributed by atoms with Crippen LogP contribution in [-0.4, -0.2) is 11.0 Å². The van der Waals surface area contributed by atoms with Crippen molar-refractivity contribution >= 4 is 16.9 Å². The predicted molar refractivity (Wildman–Crippen MR) is 76.4 cm³/mol. The van der Waals surface area contributed by atoms with Crippen molar-refractivity contribution in [2.75, 3.05) is 0 Å². The van der Waals surface area contributed by atoms with Gasteiger partial charge >= 0.3 is 11.6 Å². The highest BCUT2D eigenvalue weighted by atomic mass is 16.5. The number of ether oxygens (including phenoxy) is 1. The van der Waals surface area contributed by atoms with Gasteiger partial charge in [-0.15, -0.1) is 0 Å². The van der Waals surface area contributed by atoms with Gasteiger partial charge in [0.15, 0.2) is 0 Å². The molecule has 0 spiro atoms. The summed E-state index contributed by atoms with van der Waals surface area (Å²) in [5.41, 5.74) is 1.25. The number of aryl methyl sites for hydroxylation is 1. The zero-order chi connectivity index (χ0) is 14.8. The van der Waals surface area contributed by atoms with E-state index in [1.54, 1.807) is 37.3 Å². The maximum atomic E-state index is 12.0. The molecule has 21 heavy (non-hydrogen) atoms. The van der Waals surface area contributed by atoms with Crippen LogP contribution in [0, 0.1) is 6.92 Å². The average molecular weight is 281 g/mol. The molecule has 5 nitrogen and oxygen atoms in total. The minimum atomic E-state index is -0.466. The smallest absolute Gasteiger partial charge is 0.343 e. The second kappa shape index (κ2) is 5.20. The fourth-order valence-corrected chi connectivity index (χ4v) is 2.02. The number of rotatable bonds is 2. The van der Waals surface area contributed by atoms with E-state index in [1.807, 2.05) is 0 Å². The van der Waals surface area contributed by atoms with Crippen molar-refractivity contribution in [2.45, 2.75) is 6.92 Å². The van der Waals surface area contributed by atoms with Gasteiger partial charge in [-0.2, -0.15) is 0 Å². The molecule has 0 fully saturated rings. The van der Waals surface area contributed by atoms with Crippen LogP contribution in [0.4, 0.5) is 0 Å². The Kier molecular flexibility index (Phi) is 3.23. The van der Waals surface area contributed by atoms with Gasteiger partial charge in [0.05, 0.1) is 5.56 Å². The van der Waals surface area contributed by atoms with Crippen LogP contribution < -0.4 is 10.4 Å². The van der Waals surface area contributed by atoms with Crippen LogP contribution in [0.1, 0.15) is 15.9 Å². The molecule has 5 heteroatoms. The summed E-state index contributed by atoms with van der Waals surface area (Å²) in [6.45, 7) is 1.80. The molecule has 3 aromatic rings. The van der Waals surface area contributed by atoms with Gasteiger partial charge < -0.3 is 9.15 Å². The van der Waals surface area contributed by atoms with Gasteiger partial charge in [0.25, 0.3) is 0 Å². The van der Waals surface area contributed by atoms with Crippen LogP contribution in [0.5, 0.6) is 5.75 Å². The number of carbonyl (C=O) groups is 1. The van der Waals surface area contributed by atoms with E-state index in [4.69, 9.17) is 9.15 Å². The third-order valence-electron chi connectivity index (χ3n) is 3.05. The molecular weight excluding hydrogens is 270 g/mol. The third kappa shape index (κ3) is 2.67. The lowest BCUT2D eigenvalue weighted by atomic mass is 10.1. The van der Waals surface area contributed by atoms with Crippen LogP contribution in [-0.2, 0) is 0 Å². The highest BCUT2D eigenvalue weighted by Gasteiger charge is 2.10. The lowest BCUT2D eigenvalue weighted by Crippen LogP contribution is -2.08. The summed E-state index contributed by atoms with van der Waals surface area (Å²) in [6, 6.07) is 9.42. The van der Waals surface area contributed by atoms with Gasteiger partial charge in [0.1, 0.15) is 11.3 Å². The number of nitrogens with zero attached hydrogens (tertiary/aromatic N) is 1. The Hall–Kier alpha value is -2.95. The molecule has 0 N–H and O–H groups in total. The number of hydrogen-bond acceptors (Lipinski definition) is 5. The number of aromatic nitrogens is 1. The fourth-order valence-electron chi connectivity index (χ4n) is 2.02. The number of fused-ring (bicyclic) bond motifs is 1. The van der Waals surface area contributed by atoms with Crippen molar-refractivity contribution in [1.29, 1.82) is 0 Å². The molecule has 0 aliphatic carbocycles. The van der Waals surface area contributed by atoms with E-state index in [-0.39, 0.29) is 0 Å². The maximum Gasteiger partial charge on any atom is 0.343 e. The summed E-state index contributed by atoms with van der Waals surface area (Å²) in [6.07, 6.45) is 3.05. The third-order valence-corrected chi connectivity index (χ3v) is 3.05. The molecule has 1 aromatic carbocycles. The molecule has 0 aliphatic heterocycles. The van der Waals surface area contributed by atoms with Crippen LogP contribution >= 0.6 is 0 Å². The van der Waals surface area contributed by atoms with Crippen molar-refractivity contribution in [2.24, 2.45) is 0 Å². The molecule has 2 aromatic heterocycles. The minimum absolute atomic E-state index is 0.390. The Bertz CT molecular complexity index is 868. The zero-order valence-electron chi connectivity index (χ0n) is 11.2. The SMILES string of the molecule is Cc1cc(=O)oc2ccc(OC(=O)c3ccncc3)cc12. The van der Waals surface area contributed by atoms with E-state index in [9.17, 15) is 9.59 Å². The monoisotopic (exact) mass is 281 g/mol. The van der Waals surface area contributed by atoms with E-state index in [2.05, 4.69) is 4.98 Å². The summed E-state index contributed by atoms with van der Waals surface area (Å²) >= 11 is 0. The van der Waals surface area contributed by atoms with Crippen LogP contribution in [0.3, 0.4) is 0 Å². The van der Waals surface area contributed by atoms with Crippen LogP contribution in [0.15, 0.2) is 58.0 Å². The first kappa shape index (κ1) is 13.1. The first-order valence-corrected chi connectivity index (χ1v) is 6.30. The van der Waals surface area contributed by atoms with Crippen LogP contribution in [0.2, 0.25) is 0 Å². The van der Waals surface area contributed by atoms with Gasteiger partial charge in [-0.3, -0.25) is 4.98 Å². The molecule has 0 amide bonds. The second-order valence-electron chi connectivity index (χ2n) is 4.53. The Labute approximate surface area is 119 Å². The van der Waals surface area contributed by atoms with E-state index in [1.165, 1.54) is 18.5 Å². The highest BCUT2D eigenvalue weighted by molar-refractivity contribution is 5.91. The summed E-state index contributed by atoms with van der Waals surface area (Å²) in [5, 5.41) is 0.731. The quantitative estimate of drug-likeness (QED) is 0.410. The van der Waals surface area contributed by atoms with E-state index in [0.717, 1.165) is 10.9 Å².